The van der Waals surface area contributed by atoms with Crippen LogP contribution in [-0.2, 0) is 6.54 Å². The molecule has 6 heteroatoms. The third-order valence-electron chi connectivity index (χ3n) is 3.16. The van der Waals surface area contributed by atoms with Crippen LogP contribution in [-0.4, -0.2) is 52.5 Å². The second kappa shape index (κ2) is 5.84. The summed E-state index contributed by atoms with van der Waals surface area (Å²) < 4.78 is 4.99. The molecule has 0 unspecified atom stereocenters. The van der Waals surface area contributed by atoms with Gasteiger partial charge in [0, 0.05) is 25.3 Å². The summed E-state index contributed by atoms with van der Waals surface area (Å²) in [4.78, 5) is 6.14. The van der Waals surface area contributed by atoms with Crippen molar-refractivity contribution in [3.8, 4) is 5.88 Å². The zero-order chi connectivity index (χ0) is 13.1. The molecule has 1 aromatic heterocycles. The summed E-state index contributed by atoms with van der Waals surface area (Å²) >= 11 is 6.01. The molecule has 0 radical (unpaired) electrons. The maximum absolute atomic E-state index is 9.60. The van der Waals surface area contributed by atoms with Gasteiger partial charge in [-0.3, -0.25) is 4.90 Å². The lowest BCUT2D eigenvalue weighted by Gasteiger charge is -2.22. The van der Waals surface area contributed by atoms with Crippen LogP contribution in [0.25, 0.3) is 0 Å². The molecular weight excluding hydrogens is 256 g/mol. The molecule has 0 aliphatic carbocycles. The number of pyridine rings is 1. The topological polar surface area (TPSA) is 65.8 Å². The molecule has 5 nitrogen and oxygen atoms in total. The van der Waals surface area contributed by atoms with Gasteiger partial charge in [0.15, 0.2) is 0 Å². The number of rotatable bonds is 4. The van der Waals surface area contributed by atoms with E-state index in [0.29, 0.717) is 30.4 Å². The van der Waals surface area contributed by atoms with Gasteiger partial charge in [-0.1, -0.05) is 11.6 Å². The lowest BCUT2D eigenvalue weighted by Crippen LogP contribution is -2.31. The van der Waals surface area contributed by atoms with Crippen LogP contribution in [0.1, 0.15) is 12.0 Å². The quantitative estimate of drug-likeness (QED) is 0.843. The maximum atomic E-state index is 9.60. The van der Waals surface area contributed by atoms with E-state index in [1.807, 2.05) is 4.90 Å². The van der Waals surface area contributed by atoms with Gasteiger partial charge in [0.05, 0.1) is 19.8 Å². The number of aliphatic hydroxyl groups is 2. The zero-order valence-corrected chi connectivity index (χ0v) is 11.0. The van der Waals surface area contributed by atoms with Crippen molar-refractivity contribution < 1.29 is 14.9 Å². The van der Waals surface area contributed by atoms with Gasteiger partial charge in [0.1, 0.15) is 5.02 Å². The van der Waals surface area contributed by atoms with Gasteiger partial charge in [0.25, 0.3) is 0 Å². The number of halogens is 1. The van der Waals surface area contributed by atoms with Gasteiger partial charge in [0.2, 0.25) is 5.88 Å². The number of nitrogens with zero attached hydrogens (tertiary/aromatic N) is 2. The van der Waals surface area contributed by atoms with Crippen molar-refractivity contribution in [1.29, 1.82) is 0 Å². The smallest absolute Gasteiger partial charge is 0.232 e. The maximum Gasteiger partial charge on any atom is 0.232 e. The number of methoxy groups -OCH3 is 1. The molecule has 1 aromatic rings. The number of aromatic nitrogens is 1. The Morgan fingerprint density at radius 3 is 3.00 bits per heavy atom. The summed E-state index contributed by atoms with van der Waals surface area (Å²) in [5, 5.41) is 19.3. The highest BCUT2D eigenvalue weighted by Gasteiger charge is 2.30. The molecular formula is C12H17ClN2O3. The third-order valence-corrected chi connectivity index (χ3v) is 3.43. The van der Waals surface area contributed by atoms with E-state index in [9.17, 15) is 10.2 Å². The Hall–Kier alpha value is -0.880. The predicted molar refractivity (Wildman–Crippen MR) is 67.7 cm³/mol. The largest absolute Gasteiger partial charge is 0.480 e. The SMILES string of the molecule is COc1ncc(CN2C[C@@H](O)C[C@H]2CO)cc1Cl. The number of ether oxygens (including phenoxy) is 1. The Morgan fingerprint density at radius 2 is 2.39 bits per heavy atom. The highest BCUT2D eigenvalue weighted by atomic mass is 35.5. The summed E-state index contributed by atoms with van der Waals surface area (Å²) in [5.74, 6) is 0.403. The Balaban J connectivity index is 2.07. The van der Waals surface area contributed by atoms with Crippen LogP contribution >= 0.6 is 11.6 Å². The highest BCUT2D eigenvalue weighted by Crippen LogP contribution is 2.25. The summed E-state index contributed by atoms with van der Waals surface area (Å²) in [6.45, 7) is 1.22. The van der Waals surface area contributed by atoms with Crippen molar-refractivity contribution in [3.05, 3.63) is 22.8 Å². The number of hydrogen-bond acceptors (Lipinski definition) is 5. The molecule has 2 heterocycles. The summed E-state index contributed by atoms with van der Waals surface area (Å²) in [5.41, 5.74) is 0.938. The second-order valence-electron chi connectivity index (χ2n) is 4.49. The van der Waals surface area contributed by atoms with Crippen molar-refractivity contribution in [2.75, 3.05) is 20.3 Å². The second-order valence-corrected chi connectivity index (χ2v) is 4.90. The molecule has 0 spiro atoms. The van der Waals surface area contributed by atoms with E-state index >= 15 is 0 Å². The summed E-state index contributed by atoms with van der Waals surface area (Å²) in [6.07, 6.45) is 1.93. The minimum Gasteiger partial charge on any atom is -0.480 e. The predicted octanol–water partition coefficient (Wildman–Crippen LogP) is 0.671. The van der Waals surface area contributed by atoms with E-state index in [1.165, 1.54) is 7.11 Å². The van der Waals surface area contributed by atoms with Crippen LogP contribution < -0.4 is 4.74 Å². The molecule has 0 bridgehead atoms. The first-order valence-corrected chi connectivity index (χ1v) is 6.23. The molecule has 2 rings (SSSR count). The minimum atomic E-state index is -0.371. The molecule has 2 N–H and O–H groups in total. The van der Waals surface area contributed by atoms with Crippen LogP contribution in [0.2, 0.25) is 5.02 Å². The fourth-order valence-electron chi connectivity index (χ4n) is 2.28. The zero-order valence-electron chi connectivity index (χ0n) is 10.2. The van der Waals surface area contributed by atoms with Crippen molar-refractivity contribution in [2.45, 2.75) is 25.1 Å². The van der Waals surface area contributed by atoms with Crippen LogP contribution in [0.3, 0.4) is 0 Å². The Kier molecular flexibility index (Phi) is 4.40. The van der Waals surface area contributed by atoms with E-state index in [1.54, 1.807) is 12.3 Å². The molecule has 1 aliphatic heterocycles. The molecule has 1 saturated heterocycles. The van der Waals surface area contributed by atoms with Gasteiger partial charge in [-0.25, -0.2) is 4.98 Å². The Labute approximate surface area is 111 Å². The van der Waals surface area contributed by atoms with Gasteiger partial charge in [-0.05, 0) is 18.1 Å². The van der Waals surface area contributed by atoms with Crippen LogP contribution in [0.15, 0.2) is 12.3 Å². The number of β-amino-alcohol motifs (C(OH)–C–C–N with tert-alkyl or cyclic N) is 1. The number of aliphatic hydroxyl groups excluding tert-OH is 2. The lowest BCUT2D eigenvalue weighted by molar-refractivity contribution is 0.150. The molecule has 100 valence electrons. The minimum absolute atomic E-state index is 0.000812. The fourth-order valence-corrected chi connectivity index (χ4v) is 2.54. The van der Waals surface area contributed by atoms with E-state index in [4.69, 9.17) is 16.3 Å². The third kappa shape index (κ3) is 2.92. The first-order chi connectivity index (χ1) is 8.63. The molecule has 18 heavy (non-hydrogen) atoms. The van der Waals surface area contributed by atoms with Gasteiger partial charge in [-0.15, -0.1) is 0 Å². The normalized spacial score (nSPS) is 24.4. The van der Waals surface area contributed by atoms with Crippen LogP contribution in [0.4, 0.5) is 0 Å². The van der Waals surface area contributed by atoms with Gasteiger partial charge in [-0.2, -0.15) is 0 Å². The molecule has 0 aromatic carbocycles. The van der Waals surface area contributed by atoms with Crippen molar-refractivity contribution in [1.82, 2.24) is 9.88 Å². The Morgan fingerprint density at radius 1 is 1.61 bits per heavy atom. The van der Waals surface area contributed by atoms with E-state index in [-0.39, 0.29) is 18.8 Å². The standard InChI is InChI=1S/C12H17ClN2O3/c1-18-12-11(13)2-8(4-14-12)5-15-6-10(17)3-9(15)7-16/h2,4,9-10,16-17H,3,5-7H2,1H3/t9-,10-/m0/s1. The van der Waals surface area contributed by atoms with Crippen molar-refractivity contribution in [3.63, 3.8) is 0 Å². The monoisotopic (exact) mass is 272 g/mol. The average molecular weight is 273 g/mol. The van der Waals surface area contributed by atoms with Crippen molar-refractivity contribution in [2.24, 2.45) is 0 Å². The van der Waals surface area contributed by atoms with E-state index < -0.39 is 0 Å². The number of likely N-dealkylation sites (tertiary alicyclic amines) is 1. The first-order valence-electron chi connectivity index (χ1n) is 5.85. The van der Waals surface area contributed by atoms with Gasteiger partial charge < -0.3 is 14.9 Å². The average Bonchev–Trinajstić information content (AvgIpc) is 2.70. The fraction of sp³-hybridized carbons (Fsp3) is 0.583. The molecule has 1 aliphatic rings. The Bertz CT molecular complexity index is 416. The van der Waals surface area contributed by atoms with Crippen molar-refractivity contribution >= 4 is 11.6 Å². The van der Waals surface area contributed by atoms with E-state index in [2.05, 4.69) is 4.98 Å². The first kappa shape index (κ1) is 13.5. The molecule has 2 atom stereocenters. The van der Waals surface area contributed by atoms with Crippen LogP contribution in [0.5, 0.6) is 5.88 Å². The summed E-state index contributed by atoms with van der Waals surface area (Å²) in [7, 11) is 1.52. The molecule has 0 amide bonds. The van der Waals surface area contributed by atoms with Crippen LogP contribution in [0, 0.1) is 0 Å². The lowest BCUT2D eigenvalue weighted by atomic mass is 10.2. The highest BCUT2D eigenvalue weighted by molar-refractivity contribution is 6.31. The van der Waals surface area contributed by atoms with E-state index in [0.717, 1.165) is 5.56 Å². The van der Waals surface area contributed by atoms with Gasteiger partial charge >= 0.3 is 0 Å². The molecule has 1 fully saturated rings. The molecule has 0 saturated carbocycles. The number of hydrogen-bond donors (Lipinski definition) is 2. The summed E-state index contributed by atoms with van der Waals surface area (Å²) in [6, 6.07) is 1.80.